The Kier molecular flexibility index (Phi) is 1.58. The number of hydrogen-bond acceptors (Lipinski definition) is 3. The summed E-state index contributed by atoms with van der Waals surface area (Å²) in [5.74, 6) is 0.412. The molecule has 6 heteroatoms. The van der Waals surface area contributed by atoms with Gasteiger partial charge in [-0.1, -0.05) is 11.6 Å². The van der Waals surface area contributed by atoms with Gasteiger partial charge < -0.3 is 0 Å². The first-order valence-electron chi connectivity index (χ1n) is 4.27. The van der Waals surface area contributed by atoms with Crippen LogP contribution in [0.2, 0.25) is 5.02 Å². The van der Waals surface area contributed by atoms with Crippen molar-refractivity contribution in [1.82, 2.24) is 19.6 Å². The highest BCUT2D eigenvalue weighted by molar-refractivity contribution is 6.31. The molecule has 0 atom stereocenters. The van der Waals surface area contributed by atoms with Gasteiger partial charge >= 0.3 is 0 Å². The zero-order chi connectivity index (χ0) is 10.4. The Hall–Kier alpha value is -1.88. The van der Waals surface area contributed by atoms with Crippen molar-refractivity contribution in [2.24, 2.45) is 0 Å². The average molecular weight is 221 g/mol. The maximum Gasteiger partial charge on any atom is 0.260 e. The molecule has 0 aliphatic rings. The van der Waals surface area contributed by atoms with Crippen LogP contribution in [0, 0.1) is 0 Å². The van der Waals surface area contributed by atoms with E-state index in [-0.39, 0.29) is 5.56 Å². The van der Waals surface area contributed by atoms with Crippen LogP contribution in [0.1, 0.15) is 0 Å². The molecule has 0 amide bonds. The summed E-state index contributed by atoms with van der Waals surface area (Å²) in [7, 11) is 0. The summed E-state index contributed by atoms with van der Waals surface area (Å²) >= 11 is 5.87. The Labute approximate surface area is 88.3 Å². The van der Waals surface area contributed by atoms with Crippen LogP contribution in [-0.2, 0) is 0 Å². The highest BCUT2D eigenvalue weighted by Gasteiger charge is 2.05. The maximum absolute atomic E-state index is 11.6. The lowest BCUT2D eigenvalue weighted by atomic mass is 10.2. The van der Waals surface area contributed by atoms with Gasteiger partial charge in [-0.25, -0.2) is 0 Å². The second-order valence-electron chi connectivity index (χ2n) is 3.14. The van der Waals surface area contributed by atoms with Crippen molar-refractivity contribution >= 4 is 28.3 Å². The number of benzene rings is 1. The van der Waals surface area contributed by atoms with Gasteiger partial charge in [-0.05, 0) is 18.2 Å². The van der Waals surface area contributed by atoms with Gasteiger partial charge in [0.2, 0.25) is 5.78 Å². The van der Waals surface area contributed by atoms with E-state index in [0.717, 1.165) is 0 Å². The molecule has 74 valence electrons. The van der Waals surface area contributed by atoms with E-state index in [2.05, 4.69) is 15.2 Å². The van der Waals surface area contributed by atoms with Crippen LogP contribution in [-0.4, -0.2) is 19.6 Å². The normalized spacial score (nSPS) is 11.3. The Bertz CT molecular complexity index is 715. The summed E-state index contributed by atoms with van der Waals surface area (Å²) in [6.45, 7) is 0. The van der Waals surface area contributed by atoms with E-state index in [4.69, 9.17) is 11.6 Å². The molecule has 15 heavy (non-hydrogen) atoms. The second kappa shape index (κ2) is 2.80. The molecule has 0 radical (unpaired) electrons. The Morgan fingerprint density at radius 3 is 3.13 bits per heavy atom. The number of nitrogens with zero attached hydrogens (tertiary/aromatic N) is 3. The summed E-state index contributed by atoms with van der Waals surface area (Å²) < 4.78 is 1.68. The van der Waals surface area contributed by atoms with Gasteiger partial charge in [-0.15, -0.1) is 10.2 Å². The van der Waals surface area contributed by atoms with E-state index in [1.54, 1.807) is 22.6 Å². The van der Waals surface area contributed by atoms with Gasteiger partial charge in [0.25, 0.3) is 5.56 Å². The van der Waals surface area contributed by atoms with E-state index in [9.17, 15) is 4.79 Å². The van der Waals surface area contributed by atoms with Crippen LogP contribution in [0.15, 0.2) is 29.3 Å². The first-order chi connectivity index (χ1) is 7.25. The van der Waals surface area contributed by atoms with Crippen molar-refractivity contribution < 1.29 is 0 Å². The lowest BCUT2D eigenvalue weighted by molar-refractivity contribution is 1.09. The SMILES string of the molecule is O=c1[nH]c2nncn2c2cc(Cl)ccc12. The minimum absolute atomic E-state index is 0.192. The number of nitrogens with one attached hydrogen (secondary N) is 1. The number of halogens is 1. The first-order valence-corrected chi connectivity index (χ1v) is 4.65. The molecule has 1 N–H and O–H groups in total. The molecule has 0 aliphatic heterocycles. The van der Waals surface area contributed by atoms with Crippen LogP contribution in [0.25, 0.3) is 16.7 Å². The Morgan fingerprint density at radius 1 is 1.40 bits per heavy atom. The number of hydrogen-bond donors (Lipinski definition) is 1. The molecule has 0 aliphatic carbocycles. The number of fused-ring (bicyclic) bond motifs is 3. The molecule has 2 aromatic heterocycles. The first kappa shape index (κ1) is 8.43. The van der Waals surface area contributed by atoms with Crippen LogP contribution >= 0.6 is 11.6 Å². The van der Waals surface area contributed by atoms with Crippen LogP contribution < -0.4 is 5.56 Å². The van der Waals surface area contributed by atoms with Gasteiger partial charge in [0.1, 0.15) is 6.33 Å². The summed E-state index contributed by atoms with van der Waals surface area (Å²) in [5, 5.41) is 8.63. The molecule has 0 unspecified atom stereocenters. The van der Waals surface area contributed by atoms with Gasteiger partial charge in [-0.3, -0.25) is 14.2 Å². The largest absolute Gasteiger partial charge is 0.290 e. The monoisotopic (exact) mass is 220 g/mol. The van der Waals surface area contributed by atoms with Crippen LogP contribution in [0.5, 0.6) is 0 Å². The minimum atomic E-state index is -0.192. The summed E-state index contributed by atoms with van der Waals surface area (Å²) in [4.78, 5) is 14.2. The van der Waals surface area contributed by atoms with E-state index < -0.39 is 0 Å². The van der Waals surface area contributed by atoms with E-state index in [0.29, 0.717) is 21.7 Å². The molecular formula is C9H5ClN4O. The highest BCUT2D eigenvalue weighted by Crippen LogP contribution is 2.16. The average Bonchev–Trinajstić information content (AvgIpc) is 2.65. The third-order valence-electron chi connectivity index (χ3n) is 2.24. The zero-order valence-corrected chi connectivity index (χ0v) is 8.19. The topological polar surface area (TPSA) is 63.0 Å². The van der Waals surface area contributed by atoms with Gasteiger partial charge in [0, 0.05) is 5.02 Å². The quantitative estimate of drug-likeness (QED) is 0.620. The molecule has 2 heterocycles. The van der Waals surface area contributed by atoms with E-state index in [1.165, 1.54) is 6.33 Å². The summed E-state index contributed by atoms with van der Waals surface area (Å²) in [6.07, 6.45) is 1.53. The summed E-state index contributed by atoms with van der Waals surface area (Å²) in [5.41, 5.74) is 0.508. The Balaban J connectivity index is 2.69. The number of aromatic amines is 1. The van der Waals surface area contributed by atoms with E-state index in [1.807, 2.05) is 0 Å². The molecular weight excluding hydrogens is 216 g/mol. The number of H-pyrrole nitrogens is 1. The fourth-order valence-corrected chi connectivity index (χ4v) is 1.73. The standard InChI is InChI=1S/C9H5ClN4O/c10-5-1-2-6-7(3-5)14-4-11-13-9(14)12-8(6)15/h1-4H,(H,12,13,15). The van der Waals surface area contributed by atoms with Crippen molar-refractivity contribution in [2.45, 2.75) is 0 Å². The van der Waals surface area contributed by atoms with Crippen LogP contribution in [0.3, 0.4) is 0 Å². The van der Waals surface area contributed by atoms with Gasteiger partial charge in [0.15, 0.2) is 0 Å². The molecule has 3 aromatic rings. The third-order valence-corrected chi connectivity index (χ3v) is 2.47. The zero-order valence-electron chi connectivity index (χ0n) is 7.44. The molecule has 0 spiro atoms. The number of aromatic nitrogens is 4. The summed E-state index contributed by atoms with van der Waals surface area (Å²) in [6, 6.07) is 5.06. The van der Waals surface area contributed by atoms with Gasteiger partial charge in [-0.2, -0.15) is 0 Å². The molecule has 0 saturated heterocycles. The van der Waals surface area contributed by atoms with Crippen molar-refractivity contribution in [1.29, 1.82) is 0 Å². The highest BCUT2D eigenvalue weighted by atomic mass is 35.5. The predicted molar refractivity (Wildman–Crippen MR) is 56.1 cm³/mol. The second-order valence-corrected chi connectivity index (χ2v) is 3.58. The fourth-order valence-electron chi connectivity index (χ4n) is 1.56. The third kappa shape index (κ3) is 1.13. The van der Waals surface area contributed by atoms with Crippen molar-refractivity contribution in [3.8, 4) is 0 Å². The molecule has 1 aromatic carbocycles. The maximum atomic E-state index is 11.6. The van der Waals surface area contributed by atoms with Crippen molar-refractivity contribution in [3.05, 3.63) is 39.9 Å². The van der Waals surface area contributed by atoms with Crippen molar-refractivity contribution in [3.63, 3.8) is 0 Å². The predicted octanol–water partition coefficient (Wildman–Crippen LogP) is 1.22. The molecule has 0 bridgehead atoms. The van der Waals surface area contributed by atoms with Crippen LogP contribution in [0.4, 0.5) is 0 Å². The lowest BCUT2D eigenvalue weighted by Gasteiger charge is -2.00. The molecule has 0 saturated carbocycles. The van der Waals surface area contributed by atoms with E-state index >= 15 is 0 Å². The van der Waals surface area contributed by atoms with Gasteiger partial charge in [0.05, 0.1) is 10.9 Å². The minimum Gasteiger partial charge on any atom is -0.290 e. The fraction of sp³-hybridized carbons (Fsp3) is 0. The number of rotatable bonds is 0. The molecule has 3 rings (SSSR count). The van der Waals surface area contributed by atoms with Crippen molar-refractivity contribution in [2.75, 3.05) is 0 Å². The molecule has 0 fully saturated rings. The molecule has 5 nitrogen and oxygen atoms in total. The Morgan fingerprint density at radius 2 is 2.27 bits per heavy atom. The smallest absolute Gasteiger partial charge is 0.260 e. The lowest BCUT2D eigenvalue weighted by Crippen LogP contribution is -2.09.